The van der Waals surface area contributed by atoms with Crippen molar-refractivity contribution in [1.29, 1.82) is 0 Å². The van der Waals surface area contributed by atoms with E-state index in [1.807, 2.05) is 24.3 Å². The van der Waals surface area contributed by atoms with Crippen molar-refractivity contribution >= 4 is 23.5 Å². The van der Waals surface area contributed by atoms with Gasteiger partial charge in [-0.3, -0.25) is 9.59 Å². The maximum atomic E-state index is 13.6. The average molecular weight is 395 g/mol. The van der Waals surface area contributed by atoms with E-state index < -0.39 is 17.8 Å². The zero-order valence-electron chi connectivity index (χ0n) is 15.9. The van der Waals surface area contributed by atoms with Crippen molar-refractivity contribution in [1.82, 2.24) is 0 Å². The molecule has 0 unspecified atom stereocenters. The molecule has 1 heterocycles. The van der Waals surface area contributed by atoms with Gasteiger partial charge in [-0.25, -0.2) is 9.69 Å². The van der Waals surface area contributed by atoms with Crippen LogP contribution in [0.25, 0.3) is 0 Å². The molecular weight excluding hydrogens is 378 g/mol. The van der Waals surface area contributed by atoms with E-state index in [2.05, 4.69) is 24.3 Å². The minimum Gasteiger partial charge on any atom is -0.478 e. The molecule has 1 fully saturated rings. The van der Waals surface area contributed by atoms with E-state index in [1.165, 1.54) is 17.0 Å². The van der Waals surface area contributed by atoms with Crippen LogP contribution in [0.3, 0.4) is 0 Å². The molecule has 3 aromatic rings. The minimum atomic E-state index is -1.04. The second-order valence-corrected chi connectivity index (χ2v) is 8.13. The topological polar surface area (TPSA) is 74.7 Å². The molecule has 1 aliphatic heterocycles. The number of carboxylic acids is 1. The van der Waals surface area contributed by atoms with E-state index in [0.29, 0.717) is 5.69 Å². The first-order valence-electron chi connectivity index (χ1n) is 9.96. The maximum absolute atomic E-state index is 13.6. The lowest BCUT2D eigenvalue weighted by atomic mass is 9.55. The molecule has 0 saturated carbocycles. The van der Waals surface area contributed by atoms with Gasteiger partial charge in [0, 0.05) is 11.8 Å². The van der Waals surface area contributed by atoms with Gasteiger partial charge in [-0.05, 0) is 46.5 Å². The van der Waals surface area contributed by atoms with Crippen molar-refractivity contribution in [2.24, 2.45) is 11.8 Å². The largest absolute Gasteiger partial charge is 0.478 e. The fraction of sp³-hybridized carbons (Fsp3) is 0.160. The Bertz CT molecular complexity index is 1130. The smallest absolute Gasteiger partial charge is 0.335 e. The highest BCUT2D eigenvalue weighted by atomic mass is 16.4. The highest BCUT2D eigenvalue weighted by Gasteiger charge is 2.61. The summed E-state index contributed by atoms with van der Waals surface area (Å²) in [7, 11) is 0. The van der Waals surface area contributed by atoms with Crippen molar-refractivity contribution in [3.63, 3.8) is 0 Å². The number of hydrogen-bond donors (Lipinski definition) is 1. The van der Waals surface area contributed by atoms with Gasteiger partial charge >= 0.3 is 5.97 Å². The average Bonchev–Trinajstić information content (AvgIpc) is 3.04. The van der Waals surface area contributed by atoms with Crippen molar-refractivity contribution in [2.75, 3.05) is 4.90 Å². The predicted octanol–water partition coefficient (Wildman–Crippen LogP) is 3.78. The lowest BCUT2D eigenvalue weighted by Crippen LogP contribution is -2.41. The van der Waals surface area contributed by atoms with Gasteiger partial charge < -0.3 is 5.11 Å². The zero-order chi connectivity index (χ0) is 20.6. The van der Waals surface area contributed by atoms with Crippen LogP contribution >= 0.6 is 0 Å². The molecule has 3 aromatic carbocycles. The van der Waals surface area contributed by atoms with Gasteiger partial charge in [0.25, 0.3) is 0 Å². The molecule has 7 rings (SSSR count). The van der Waals surface area contributed by atoms with Crippen LogP contribution in [0.2, 0.25) is 0 Å². The predicted molar refractivity (Wildman–Crippen MR) is 109 cm³/mol. The Labute approximate surface area is 172 Å². The highest BCUT2D eigenvalue weighted by molar-refractivity contribution is 6.23. The third-order valence-corrected chi connectivity index (χ3v) is 6.82. The molecule has 1 saturated heterocycles. The molecule has 4 aliphatic rings. The molecule has 146 valence electrons. The van der Waals surface area contributed by atoms with E-state index in [1.54, 1.807) is 12.1 Å². The third-order valence-electron chi connectivity index (χ3n) is 6.82. The first kappa shape index (κ1) is 17.2. The molecule has 2 amide bonds. The van der Waals surface area contributed by atoms with Crippen molar-refractivity contribution < 1.29 is 19.5 Å². The summed E-state index contributed by atoms with van der Waals surface area (Å²) in [5, 5.41) is 9.14. The third kappa shape index (κ3) is 2.04. The molecule has 1 N–H and O–H groups in total. The van der Waals surface area contributed by atoms with Gasteiger partial charge in [0.05, 0.1) is 23.1 Å². The van der Waals surface area contributed by atoms with Crippen LogP contribution in [-0.2, 0) is 9.59 Å². The number of benzene rings is 3. The Morgan fingerprint density at radius 3 is 1.43 bits per heavy atom. The zero-order valence-corrected chi connectivity index (χ0v) is 15.9. The van der Waals surface area contributed by atoms with E-state index >= 15 is 0 Å². The minimum absolute atomic E-state index is 0.121. The van der Waals surface area contributed by atoms with Gasteiger partial charge in [-0.1, -0.05) is 48.5 Å². The highest BCUT2D eigenvalue weighted by Crippen LogP contribution is 2.61. The van der Waals surface area contributed by atoms with Crippen LogP contribution < -0.4 is 4.90 Å². The van der Waals surface area contributed by atoms with Crippen molar-refractivity contribution in [2.45, 2.75) is 11.8 Å². The molecule has 0 radical (unpaired) electrons. The number of carbonyl (C=O) groups excluding carboxylic acids is 2. The second kappa shape index (κ2) is 5.89. The summed E-state index contributed by atoms with van der Waals surface area (Å²) >= 11 is 0. The van der Waals surface area contributed by atoms with E-state index in [4.69, 9.17) is 5.11 Å². The van der Waals surface area contributed by atoms with Gasteiger partial charge in [0.2, 0.25) is 11.8 Å². The normalized spacial score (nSPS) is 25.7. The van der Waals surface area contributed by atoms with E-state index in [-0.39, 0.29) is 29.2 Å². The summed E-state index contributed by atoms with van der Waals surface area (Å²) in [4.78, 5) is 39.6. The Balaban J connectivity index is 1.51. The standard InChI is InChI=1S/C25H17NO4/c27-23-21-19-15-5-1-2-6-16(15)20(18-8-4-3-7-17(18)19)22(21)24(28)26(23)14-11-9-13(10-12-14)25(29)30/h1-12,19-22H,(H,29,30)/t19?,20?,21-,22-/m0/s1. The Hall–Kier alpha value is -3.73. The number of aromatic carboxylic acids is 1. The van der Waals surface area contributed by atoms with Crippen LogP contribution in [0.15, 0.2) is 72.8 Å². The quantitative estimate of drug-likeness (QED) is 0.670. The summed E-state index contributed by atoms with van der Waals surface area (Å²) in [6, 6.07) is 22.2. The number of amides is 2. The van der Waals surface area contributed by atoms with Gasteiger partial charge in [-0.2, -0.15) is 0 Å². The molecule has 2 atom stereocenters. The molecule has 2 bridgehead atoms. The number of rotatable bonds is 2. The van der Waals surface area contributed by atoms with Gasteiger partial charge in [-0.15, -0.1) is 0 Å². The van der Waals surface area contributed by atoms with Crippen LogP contribution in [0.1, 0.15) is 44.4 Å². The van der Waals surface area contributed by atoms with Gasteiger partial charge in [0.15, 0.2) is 0 Å². The lowest BCUT2D eigenvalue weighted by molar-refractivity contribution is -0.122. The van der Waals surface area contributed by atoms with Crippen molar-refractivity contribution in [3.05, 3.63) is 101 Å². The monoisotopic (exact) mass is 395 g/mol. The Kier molecular flexibility index (Phi) is 3.37. The summed E-state index contributed by atoms with van der Waals surface area (Å²) in [5.74, 6) is -2.62. The number of anilines is 1. The molecule has 0 spiro atoms. The summed E-state index contributed by atoms with van der Waals surface area (Å²) in [5.41, 5.74) is 5.07. The SMILES string of the molecule is O=C(O)c1ccc(N2C(=O)[C@H]3C4c5ccccc5C(c5ccccc54)[C@@H]3C2=O)cc1. The van der Waals surface area contributed by atoms with Crippen LogP contribution in [0, 0.1) is 11.8 Å². The van der Waals surface area contributed by atoms with Crippen molar-refractivity contribution in [3.8, 4) is 0 Å². The number of imide groups is 1. The second-order valence-electron chi connectivity index (χ2n) is 8.13. The molecular formula is C25H17NO4. The molecule has 0 aromatic heterocycles. The Morgan fingerprint density at radius 2 is 1.07 bits per heavy atom. The maximum Gasteiger partial charge on any atom is 0.335 e. The first-order chi connectivity index (χ1) is 14.6. The summed E-state index contributed by atoms with van der Waals surface area (Å²) < 4.78 is 0. The summed E-state index contributed by atoms with van der Waals surface area (Å²) in [6.45, 7) is 0. The first-order valence-corrected chi connectivity index (χ1v) is 9.96. The van der Waals surface area contributed by atoms with Gasteiger partial charge in [0.1, 0.15) is 0 Å². The van der Waals surface area contributed by atoms with Crippen LogP contribution in [-0.4, -0.2) is 22.9 Å². The molecule has 3 aliphatic carbocycles. The number of hydrogen-bond acceptors (Lipinski definition) is 3. The number of nitrogens with zero attached hydrogens (tertiary/aromatic N) is 1. The Morgan fingerprint density at radius 1 is 0.667 bits per heavy atom. The fourth-order valence-electron chi connectivity index (χ4n) is 5.68. The summed E-state index contributed by atoms with van der Waals surface area (Å²) in [6.07, 6.45) is 0. The molecule has 5 heteroatoms. The molecule has 5 nitrogen and oxygen atoms in total. The lowest BCUT2D eigenvalue weighted by Gasteiger charge is -2.45. The van der Waals surface area contributed by atoms with Crippen LogP contribution in [0.5, 0.6) is 0 Å². The molecule has 30 heavy (non-hydrogen) atoms. The van der Waals surface area contributed by atoms with E-state index in [9.17, 15) is 14.4 Å². The van der Waals surface area contributed by atoms with Crippen LogP contribution in [0.4, 0.5) is 5.69 Å². The van der Waals surface area contributed by atoms with E-state index in [0.717, 1.165) is 22.3 Å². The number of carboxylic acid groups (broad SMARTS) is 1. The number of carbonyl (C=O) groups is 3. The fourth-order valence-corrected chi connectivity index (χ4v) is 5.68.